The van der Waals surface area contributed by atoms with Crippen LogP contribution < -0.4 is 0 Å². The molecule has 1 fully saturated rings. The number of rotatable bonds is 4. The van der Waals surface area contributed by atoms with Crippen molar-refractivity contribution >= 4 is 6.03 Å². The van der Waals surface area contributed by atoms with E-state index >= 15 is 0 Å². The van der Waals surface area contributed by atoms with Crippen molar-refractivity contribution in [1.29, 1.82) is 0 Å². The number of nitrogens with zero attached hydrogens (tertiary/aromatic N) is 2. The maximum Gasteiger partial charge on any atom is 0.319 e. The summed E-state index contributed by atoms with van der Waals surface area (Å²) in [7, 11) is 0. The van der Waals surface area contributed by atoms with E-state index in [2.05, 4.69) is 13.8 Å². The molecule has 0 N–H and O–H groups in total. The number of urea groups is 1. The molecule has 82 valence electrons. The van der Waals surface area contributed by atoms with Crippen molar-refractivity contribution in [1.82, 2.24) is 9.80 Å². The number of likely N-dealkylation sites (tertiary alicyclic amines) is 1. The highest BCUT2D eigenvalue weighted by atomic mass is 16.2. The van der Waals surface area contributed by atoms with E-state index in [-0.39, 0.29) is 6.03 Å². The standard InChI is InChI=1S/C11H22N2O/c1-3-5-8-12(4-2)11(14)13-9-6-7-10-13/h3-10H2,1-2H3. The zero-order chi connectivity index (χ0) is 10.4. The van der Waals surface area contributed by atoms with E-state index in [9.17, 15) is 4.79 Å². The molecule has 3 nitrogen and oxygen atoms in total. The normalized spacial score (nSPS) is 16.0. The molecular weight excluding hydrogens is 176 g/mol. The van der Waals surface area contributed by atoms with Gasteiger partial charge in [-0.15, -0.1) is 0 Å². The molecule has 14 heavy (non-hydrogen) atoms. The molecule has 0 aromatic rings. The van der Waals surface area contributed by atoms with Crippen molar-refractivity contribution in [3.63, 3.8) is 0 Å². The van der Waals surface area contributed by atoms with Gasteiger partial charge in [-0.3, -0.25) is 0 Å². The van der Waals surface area contributed by atoms with Crippen LogP contribution >= 0.6 is 0 Å². The molecule has 0 bridgehead atoms. The van der Waals surface area contributed by atoms with Gasteiger partial charge in [-0.05, 0) is 26.2 Å². The first-order valence-corrected chi connectivity index (χ1v) is 5.83. The number of hydrogen-bond acceptors (Lipinski definition) is 1. The van der Waals surface area contributed by atoms with Crippen molar-refractivity contribution in [2.45, 2.75) is 39.5 Å². The second kappa shape index (κ2) is 5.89. The highest BCUT2D eigenvalue weighted by Crippen LogP contribution is 2.10. The second-order valence-electron chi connectivity index (χ2n) is 3.91. The van der Waals surface area contributed by atoms with Crippen molar-refractivity contribution in [3.8, 4) is 0 Å². The van der Waals surface area contributed by atoms with Crippen molar-refractivity contribution < 1.29 is 4.79 Å². The SMILES string of the molecule is CCCCN(CC)C(=O)N1CCCC1. The van der Waals surface area contributed by atoms with Gasteiger partial charge >= 0.3 is 6.03 Å². The number of hydrogen-bond donors (Lipinski definition) is 0. The lowest BCUT2D eigenvalue weighted by molar-refractivity contribution is 0.164. The quantitative estimate of drug-likeness (QED) is 0.680. The third-order valence-electron chi connectivity index (χ3n) is 2.81. The fraction of sp³-hybridized carbons (Fsp3) is 0.909. The Bertz CT molecular complexity index is 176. The molecule has 1 heterocycles. The molecule has 1 aliphatic rings. The van der Waals surface area contributed by atoms with Gasteiger partial charge < -0.3 is 9.80 Å². The van der Waals surface area contributed by atoms with Crippen LogP contribution in [-0.4, -0.2) is 42.0 Å². The van der Waals surface area contributed by atoms with E-state index in [1.54, 1.807) is 0 Å². The lowest BCUT2D eigenvalue weighted by atomic mass is 10.3. The van der Waals surface area contributed by atoms with Crippen LogP contribution in [0.2, 0.25) is 0 Å². The van der Waals surface area contributed by atoms with Crippen LogP contribution in [0.15, 0.2) is 0 Å². The Morgan fingerprint density at radius 1 is 1.29 bits per heavy atom. The Morgan fingerprint density at radius 3 is 2.43 bits per heavy atom. The predicted octanol–water partition coefficient (Wildman–Crippen LogP) is 2.32. The molecule has 0 atom stereocenters. The summed E-state index contributed by atoms with van der Waals surface area (Å²) < 4.78 is 0. The number of carbonyl (C=O) groups excluding carboxylic acids is 1. The Kier molecular flexibility index (Phi) is 4.77. The lowest BCUT2D eigenvalue weighted by Crippen LogP contribution is -2.42. The Morgan fingerprint density at radius 2 is 1.93 bits per heavy atom. The molecule has 3 heteroatoms. The van der Waals surface area contributed by atoms with Crippen LogP contribution in [0.4, 0.5) is 4.79 Å². The van der Waals surface area contributed by atoms with Gasteiger partial charge in [0, 0.05) is 26.2 Å². The van der Waals surface area contributed by atoms with Gasteiger partial charge in [0.1, 0.15) is 0 Å². The summed E-state index contributed by atoms with van der Waals surface area (Å²) in [5, 5.41) is 0. The Hall–Kier alpha value is -0.730. The zero-order valence-corrected chi connectivity index (χ0v) is 9.46. The molecule has 1 saturated heterocycles. The van der Waals surface area contributed by atoms with E-state index in [0.29, 0.717) is 0 Å². The Balaban J connectivity index is 2.37. The van der Waals surface area contributed by atoms with Gasteiger partial charge in [0.2, 0.25) is 0 Å². The summed E-state index contributed by atoms with van der Waals surface area (Å²) in [6.45, 7) is 7.90. The topological polar surface area (TPSA) is 23.6 Å². The van der Waals surface area contributed by atoms with E-state index in [1.165, 1.54) is 12.8 Å². The minimum absolute atomic E-state index is 0.249. The maximum absolute atomic E-state index is 11.9. The van der Waals surface area contributed by atoms with E-state index in [4.69, 9.17) is 0 Å². The monoisotopic (exact) mass is 198 g/mol. The first kappa shape index (κ1) is 11.3. The summed E-state index contributed by atoms with van der Waals surface area (Å²) in [5.41, 5.74) is 0. The third-order valence-corrected chi connectivity index (χ3v) is 2.81. The van der Waals surface area contributed by atoms with Gasteiger partial charge in [0.25, 0.3) is 0 Å². The molecule has 0 aromatic carbocycles. The molecule has 1 aliphatic heterocycles. The van der Waals surface area contributed by atoms with Crippen LogP contribution in [-0.2, 0) is 0 Å². The van der Waals surface area contributed by atoms with E-state index in [1.807, 2.05) is 9.80 Å². The zero-order valence-electron chi connectivity index (χ0n) is 9.46. The van der Waals surface area contributed by atoms with Crippen molar-refractivity contribution in [3.05, 3.63) is 0 Å². The average molecular weight is 198 g/mol. The van der Waals surface area contributed by atoms with Gasteiger partial charge in [-0.25, -0.2) is 4.79 Å². The van der Waals surface area contributed by atoms with Crippen LogP contribution in [0.5, 0.6) is 0 Å². The third kappa shape index (κ3) is 2.89. The summed E-state index contributed by atoms with van der Waals surface area (Å²) in [6.07, 6.45) is 4.63. The molecule has 1 rings (SSSR count). The van der Waals surface area contributed by atoms with Crippen LogP contribution in [0.1, 0.15) is 39.5 Å². The summed E-state index contributed by atoms with van der Waals surface area (Å²) in [4.78, 5) is 15.9. The fourth-order valence-electron chi connectivity index (χ4n) is 1.85. The molecule has 0 aromatic heterocycles. The highest BCUT2D eigenvalue weighted by Gasteiger charge is 2.21. The summed E-state index contributed by atoms with van der Waals surface area (Å²) >= 11 is 0. The number of amides is 2. The minimum atomic E-state index is 0.249. The Labute approximate surface area is 87.1 Å². The first-order chi connectivity index (χ1) is 6.79. The largest absolute Gasteiger partial charge is 0.325 e. The molecule has 0 unspecified atom stereocenters. The van der Waals surface area contributed by atoms with Crippen LogP contribution in [0.3, 0.4) is 0 Å². The molecule has 0 saturated carbocycles. The number of carbonyl (C=O) groups is 1. The van der Waals surface area contributed by atoms with Crippen molar-refractivity contribution in [2.75, 3.05) is 26.2 Å². The van der Waals surface area contributed by atoms with Crippen LogP contribution in [0, 0.1) is 0 Å². The number of unbranched alkanes of at least 4 members (excludes halogenated alkanes) is 1. The second-order valence-corrected chi connectivity index (χ2v) is 3.91. The molecule has 0 radical (unpaired) electrons. The minimum Gasteiger partial charge on any atom is -0.325 e. The predicted molar refractivity (Wildman–Crippen MR) is 58.4 cm³/mol. The fourth-order valence-corrected chi connectivity index (χ4v) is 1.85. The summed E-state index contributed by atoms with van der Waals surface area (Å²) in [6, 6.07) is 0.249. The average Bonchev–Trinajstić information content (AvgIpc) is 2.71. The molecular formula is C11H22N2O. The van der Waals surface area contributed by atoms with Crippen LogP contribution in [0.25, 0.3) is 0 Å². The maximum atomic E-state index is 11.9. The smallest absolute Gasteiger partial charge is 0.319 e. The van der Waals surface area contributed by atoms with Gasteiger partial charge in [0.15, 0.2) is 0 Å². The summed E-state index contributed by atoms with van der Waals surface area (Å²) in [5.74, 6) is 0. The molecule has 2 amide bonds. The van der Waals surface area contributed by atoms with Gasteiger partial charge in [0.05, 0.1) is 0 Å². The van der Waals surface area contributed by atoms with Crippen molar-refractivity contribution in [2.24, 2.45) is 0 Å². The first-order valence-electron chi connectivity index (χ1n) is 5.83. The highest BCUT2D eigenvalue weighted by molar-refractivity contribution is 5.74. The van der Waals surface area contributed by atoms with E-state index < -0.39 is 0 Å². The van der Waals surface area contributed by atoms with E-state index in [0.717, 1.165) is 39.0 Å². The van der Waals surface area contributed by atoms with Gasteiger partial charge in [-0.2, -0.15) is 0 Å². The molecule has 0 aliphatic carbocycles. The lowest BCUT2D eigenvalue weighted by Gasteiger charge is -2.26. The van der Waals surface area contributed by atoms with Gasteiger partial charge in [-0.1, -0.05) is 13.3 Å². The molecule has 0 spiro atoms.